The molecule has 1 aliphatic heterocycles. The third kappa shape index (κ3) is 1.89. The summed E-state index contributed by atoms with van der Waals surface area (Å²) in [5.74, 6) is 1.02. The molecule has 0 radical (unpaired) electrons. The SMILES string of the molecule is CC1(C)CCC(C)(C)c2cc3c(cc21)OCCC3=O. The first-order valence-electron chi connectivity index (χ1n) is 7.16. The van der Waals surface area contributed by atoms with Crippen molar-refractivity contribution in [3.63, 3.8) is 0 Å². The molecule has 0 saturated carbocycles. The number of hydrogen-bond acceptors (Lipinski definition) is 2. The highest BCUT2D eigenvalue weighted by atomic mass is 16.5. The summed E-state index contributed by atoms with van der Waals surface area (Å²) >= 11 is 0. The molecule has 1 heterocycles. The van der Waals surface area contributed by atoms with E-state index in [9.17, 15) is 4.79 Å². The van der Waals surface area contributed by atoms with Crippen molar-refractivity contribution in [2.24, 2.45) is 0 Å². The second kappa shape index (κ2) is 3.84. The minimum atomic E-state index is 0.150. The summed E-state index contributed by atoms with van der Waals surface area (Å²) in [5, 5.41) is 0. The van der Waals surface area contributed by atoms with Crippen molar-refractivity contribution in [2.45, 2.75) is 57.8 Å². The molecule has 102 valence electrons. The van der Waals surface area contributed by atoms with Gasteiger partial charge in [0.25, 0.3) is 0 Å². The second-order valence-electron chi connectivity index (χ2n) is 7.18. The van der Waals surface area contributed by atoms with E-state index in [1.165, 1.54) is 24.0 Å². The molecule has 0 aromatic heterocycles. The molecule has 2 aliphatic rings. The van der Waals surface area contributed by atoms with Crippen molar-refractivity contribution >= 4 is 5.78 Å². The Bertz CT molecular complexity index is 553. The van der Waals surface area contributed by atoms with E-state index in [2.05, 4.69) is 39.8 Å². The molecule has 0 N–H and O–H groups in total. The van der Waals surface area contributed by atoms with E-state index in [-0.39, 0.29) is 16.6 Å². The number of ketones is 1. The molecule has 0 atom stereocenters. The fraction of sp³-hybridized carbons (Fsp3) is 0.588. The molecule has 3 rings (SSSR count). The fourth-order valence-corrected chi connectivity index (χ4v) is 3.32. The topological polar surface area (TPSA) is 26.3 Å². The molecule has 1 aromatic rings. The Labute approximate surface area is 115 Å². The van der Waals surface area contributed by atoms with Gasteiger partial charge in [-0.3, -0.25) is 4.79 Å². The number of ether oxygens (including phenoxy) is 1. The lowest BCUT2D eigenvalue weighted by molar-refractivity contribution is 0.0932. The molecule has 2 heteroatoms. The van der Waals surface area contributed by atoms with E-state index in [4.69, 9.17) is 4.74 Å². The fourth-order valence-electron chi connectivity index (χ4n) is 3.32. The van der Waals surface area contributed by atoms with E-state index >= 15 is 0 Å². The third-order valence-electron chi connectivity index (χ3n) is 4.84. The maximum absolute atomic E-state index is 12.1. The zero-order valence-corrected chi connectivity index (χ0v) is 12.3. The predicted octanol–water partition coefficient (Wildman–Crippen LogP) is 4.00. The molecule has 0 saturated heterocycles. The van der Waals surface area contributed by atoms with Crippen molar-refractivity contribution in [2.75, 3.05) is 6.61 Å². The van der Waals surface area contributed by atoms with Crippen molar-refractivity contribution in [3.05, 3.63) is 28.8 Å². The molecular formula is C17H22O2. The molecule has 2 nitrogen and oxygen atoms in total. The molecule has 1 aliphatic carbocycles. The van der Waals surface area contributed by atoms with Gasteiger partial charge in [-0.2, -0.15) is 0 Å². The molecule has 1 aromatic carbocycles. The van der Waals surface area contributed by atoms with Gasteiger partial charge >= 0.3 is 0 Å². The van der Waals surface area contributed by atoms with Crippen LogP contribution in [0.3, 0.4) is 0 Å². The van der Waals surface area contributed by atoms with Gasteiger partial charge in [-0.25, -0.2) is 0 Å². The Morgan fingerprint density at radius 3 is 2.21 bits per heavy atom. The lowest BCUT2D eigenvalue weighted by Gasteiger charge is -2.42. The monoisotopic (exact) mass is 258 g/mol. The highest BCUT2D eigenvalue weighted by Gasteiger charge is 2.38. The summed E-state index contributed by atoms with van der Waals surface area (Å²) in [4.78, 5) is 12.1. The van der Waals surface area contributed by atoms with Crippen LogP contribution in [0.1, 0.15) is 68.4 Å². The normalized spacial score (nSPS) is 23.3. The van der Waals surface area contributed by atoms with Gasteiger partial charge in [0.1, 0.15) is 5.75 Å². The molecule has 19 heavy (non-hydrogen) atoms. The van der Waals surface area contributed by atoms with Gasteiger partial charge < -0.3 is 4.74 Å². The first-order chi connectivity index (χ1) is 8.81. The van der Waals surface area contributed by atoms with E-state index < -0.39 is 0 Å². The van der Waals surface area contributed by atoms with E-state index in [1.54, 1.807) is 0 Å². The quantitative estimate of drug-likeness (QED) is 0.703. The Morgan fingerprint density at radius 2 is 1.58 bits per heavy atom. The van der Waals surface area contributed by atoms with Crippen molar-refractivity contribution in [1.29, 1.82) is 0 Å². The number of benzene rings is 1. The number of carbonyl (C=O) groups is 1. The van der Waals surface area contributed by atoms with Crippen LogP contribution in [0.15, 0.2) is 12.1 Å². The van der Waals surface area contributed by atoms with Crippen LogP contribution in [-0.4, -0.2) is 12.4 Å². The van der Waals surface area contributed by atoms with Gasteiger partial charge in [-0.15, -0.1) is 0 Å². The average Bonchev–Trinajstić information content (AvgIpc) is 2.35. The average molecular weight is 258 g/mol. The highest BCUT2D eigenvalue weighted by molar-refractivity contribution is 6.00. The second-order valence-corrected chi connectivity index (χ2v) is 7.18. The first kappa shape index (κ1) is 12.7. The van der Waals surface area contributed by atoms with E-state index in [1.807, 2.05) is 0 Å². The number of Topliss-reactive ketones (excluding diaryl/α,β-unsaturated/α-hetero) is 1. The maximum Gasteiger partial charge on any atom is 0.170 e. The standard InChI is InChI=1S/C17H22O2/c1-16(2)6-7-17(3,4)13-10-15-11(9-12(13)16)14(18)5-8-19-15/h9-10H,5-8H2,1-4H3. The van der Waals surface area contributed by atoms with Crippen LogP contribution < -0.4 is 4.74 Å². The minimum Gasteiger partial charge on any atom is -0.492 e. The van der Waals surface area contributed by atoms with Gasteiger partial charge in [0.05, 0.1) is 12.2 Å². The Balaban J connectivity index is 2.25. The molecular weight excluding hydrogens is 236 g/mol. The van der Waals surface area contributed by atoms with Crippen LogP contribution in [-0.2, 0) is 10.8 Å². The smallest absolute Gasteiger partial charge is 0.170 e. The molecule has 0 amide bonds. The summed E-state index contributed by atoms with van der Waals surface area (Å²) in [5.41, 5.74) is 3.80. The van der Waals surface area contributed by atoms with Gasteiger partial charge in [-0.05, 0) is 46.9 Å². The Kier molecular flexibility index (Phi) is 2.57. The highest BCUT2D eigenvalue weighted by Crippen LogP contribution is 2.48. The number of hydrogen-bond donors (Lipinski definition) is 0. The lowest BCUT2D eigenvalue weighted by Crippen LogP contribution is -2.34. The van der Waals surface area contributed by atoms with Crippen molar-refractivity contribution < 1.29 is 9.53 Å². The maximum atomic E-state index is 12.1. The largest absolute Gasteiger partial charge is 0.492 e. The van der Waals surface area contributed by atoms with Crippen LogP contribution >= 0.6 is 0 Å². The first-order valence-corrected chi connectivity index (χ1v) is 7.16. The summed E-state index contributed by atoms with van der Waals surface area (Å²) in [6.45, 7) is 9.66. The Morgan fingerprint density at radius 1 is 1.00 bits per heavy atom. The Hall–Kier alpha value is -1.31. The minimum absolute atomic E-state index is 0.150. The molecule has 0 unspecified atom stereocenters. The molecule has 0 bridgehead atoms. The summed E-state index contributed by atoms with van der Waals surface area (Å²) in [6.07, 6.45) is 2.86. The van der Waals surface area contributed by atoms with Gasteiger partial charge in [0.2, 0.25) is 0 Å². The zero-order chi connectivity index (χ0) is 13.8. The van der Waals surface area contributed by atoms with Crippen LogP contribution in [0.4, 0.5) is 0 Å². The zero-order valence-electron chi connectivity index (χ0n) is 12.3. The van der Waals surface area contributed by atoms with Gasteiger partial charge in [0, 0.05) is 6.42 Å². The van der Waals surface area contributed by atoms with Crippen LogP contribution in [0.2, 0.25) is 0 Å². The van der Waals surface area contributed by atoms with Crippen molar-refractivity contribution in [1.82, 2.24) is 0 Å². The third-order valence-corrected chi connectivity index (χ3v) is 4.84. The number of rotatable bonds is 0. The van der Waals surface area contributed by atoms with Crippen LogP contribution in [0, 0.1) is 0 Å². The lowest BCUT2D eigenvalue weighted by atomic mass is 9.62. The van der Waals surface area contributed by atoms with Crippen LogP contribution in [0.25, 0.3) is 0 Å². The molecule has 0 spiro atoms. The summed E-state index contributed by atoms with van der Waals surface area (Å²) < 4.78 is 5.70. The predicted molar refractivity (Wildman–Crippen MR) is 76.2 cm³/mol. The number of carbonyl (C=O) groups excluding carboxylic acids is 1. The van der Waals surface area contributed by atoms with Gasteiger partial charge in [0.15, 0.2) is 5.78 Å². The van der Waals surface area contributed by atoms with E-state index in [0.29, 0.717) is 13.0 Å². The van der Waals surface area contributed by atoms with Gasteiger partial charge in [-0.1, -0.05) is 27.7 Å². The summed E-state index contributed by atoms with van der Waals surface area (Å²) in [6, 6.07) is 4.23. The van der Waals surface area contributed by atoms with Crippen molar-refractivity contribution in [3.8, 4) is 5.75 Å². The molecule has 0 fully saturated rings. The number of fused-ring (bicyclic) bond motifs is 2. The summed E-state index contributed by atoms with van der Waals surface area (Å²) in [7, 11) is 0. The van der Waals surface area contributed by atoms with E-state index in [0.717, 1.165) is 11.3 Å². The van der Waals surface area contributed by atoms with Crippen LogP contribution in [0.5, 0.6) is 5.75 Å².